The summed E-state index contributed by atoms with van der Waals surface area (Å²) >= 11 is 0. The third-order valence-electron chi connectivity index (χ3n) is 4.37. The highest BCUT2D eigenvalue weighted by Crippen LogP contribution is 2.29. The van der Waals surface area contributed by atoms with E-state index >= 15 is 0 Å². The lowest BCUT2D eigenvalue weighted by Gasteiger charge is -2.16. The lowest BCUT2D eigenvalue weighted by molar-refractivity contribution is 0.114. The maximum Gasteiger partial charge on any atom is 0.191 e. The average molecular weight is 481 g/mol. The van der Waals surface area contributed by atoms with Gasteiger partial charge in [-0.05, 0) is 24.5 Å². The number of hydrogen-bond donors (Lipinski definition) is 2. The molecule has 146 valence electrons. The van der Waals surface area contributed by atoms with Crippen molar-refractivity contribution in [1.82, 2.24) is 10.6 Å². The Bertz CT molecular complexity index is 704. The van der Waals surface area contributed by atoms with Crippen molar-refractivity contribution in [3.8, 4) is 16.9 Å². The second-order valence-corrected chi connectivity index (χ2v) is 6.23. The number of halogens is 1. The fourth-order valence-corrected chi connectivity index (χ4v) is 3.02. The predicted octanol–water partition coefficient (Wildman–Crippen LogP) is 3.69. The van der Waals surface area contributed by atoms with Crippen molar-refractivity contribution in [2.24, 2.45) is 4.99 Å². The van der Waals surface area contributed by atoms with Gasteiger partial charge in [-0.3, -0.25) is 4.99 Å². The van der Waals surface area contributed by atoms with Gasteiger partial charge in [-0.25, -0.2) is 0 Å². The third-order valence-corrected chi connectivity index (χ3v) is 4.37. The van der Waals surface area contributed by atoms with Crippen LogP contribution in [-0.2, 0) is 4.74 Å². The second kappa shape index (κ2) is 11.8. The molecule has 1 fully saturated rings. The first-order valence-corrected chi connectivity index (χ1v) is 9.20. The van der Waals surface area contributed by atoms with Crippen LogP contribution < -0.4 is 15.4 Å². The number of guanidine groups is 1. The zero-order valence-corrected chi connectivity index (χ0v) is 18.0. The van der Waals surface area contributed by atoms with Crippen LogP contribution in [-0.4, -0.2) is 45.4 Å². The highest BCUT2D eigenvalue weighted by atomic mass is 127. The van der Waals surface area contributed by atoms with E-state index in [1.165, 1.54) is 0 Å². The second-order valence-electron chi connectivity index (χ2n) is 6.23. The molecule has 1 heterocycles. The summed E-state index contributed by atoms with van der Waals surface area (Å²) < 4.78 is 11.6. The number of rotatable bonds is 7. The van der Waals surface area contributed by atoms with Crippen LogP contribution in [0.3, 0.4) is 0 Å². The Kier molecular flexibility index (Phi) is 9.41. The van der Waals surface area contributed by atoms with Crippen LogP contribution in [0.5, 0.6) is 5.75 Å². The molecule has 0 saturated carbocycles. The summed E-state index contributed by atoms with van der Waals surface area (Å²) in [6, 6.07) is 18.4. The Balaban J connectivity index is 0.00000261. The summed E-state index contributed by atoms with van der Waals surface area (Å²) in [5.41, 5.74) is 2.26. The van der Waals surface area contributed by atoms with Gasteiger partial charge in [0.2, 0.25) is 0 Å². The fourth-order valence-electron chi connectivity index (χ4n) is 3.02. The number of hydrogen-bond acceptors (Lipinski definition) is 3. The summed E-state index contributed by atoms with van der Waals surface area (Å²) in [4.78, 5) is 4.24. The fraction of sp³-hybridized carbons (Fsp3) is 0.381. The van der Waals surface area contributed by atoms with Crippen LogP contribution in [0.1, 0.15) is 12.8 Å². The summed E-state index contributed by atoms with van der Waals surface area (Å²) in [7, 11) is 1.77. The van der Waals surface area contributed by atoms with Gasteiger partial charge in [0.1, 0.15) is 12.4 Å². The van der Waals surface area contributed by atoms with Crippen molar-refractivity contribution in [2.75, 3.05) is 33.4 Å². The van der Waals surface area contributed by atoms with Crippen molar-refractivity contribution in [3.63, 3.8) is 0 Å². The molecule has 1 unspecified atom stereocenters. The number of ether oxygens (including phenoxy) is 2. The number of para-hydroxylation sites is 1. The molecule has 1 aliphatic rings. The molecule has 1 saturated heterocycles. The molecule has 2 N–H and O–H groups in total. The first kappa shape index (κ1) is 21.5. The highest BCUT2D eigenvalue weighted by molar-refractivity contribution is 14.0. The van der Waals surface area contributed by atoms with E-state index in [4.69, 9.17) is 9.47 Å². The van der Waals surface area contributed by atoms with Crippen molar-refractivity contribution in [2.45, 2.75) is 18.9 Å². The molecule has 1 aliphatic heterocycles. The van der Waals surface area contributed by atoms with E-state index in [9.17, 15) is 0 Å². The van der Waals surface area contributed by atoms with Crippen molar-refractivity contribution in [1.29, 1.82) is 0 Å². The predicted molar refractivity (Wildman–Crippen MR) is 121 cm³/mol. The minimum absolute atomic E-state index is 0. The van der Waals surface area contributed by atoms with Gasteiger partial charge < -0.3 is 20.1 Å². The van der Waals surface area contributed by atoms with Crippen molar-refractivity contribution in [3.05, 3.63) is 54.6 Å². The molecule has 2 aromatic carbocycles. The summed E-state index contributed by atoms with van der Waals surface area (Å²) in [6.45, 7) is 2.89. The van der Waals surface area contributed by atoms with E-state index in [1.807, 2.05) is 36.4 Å². The Morgan fingerprint density at radius 1 is 1.11 bits per heavy atom. The quantitative estimate of drug-likeness (QED) is 0.274. The average Bonchev–Trinajstić information content (AvgIpc) is 3.22. The van der Waals surface area contributed by atoms with E-state index in [-0.39, 0.29) is 24.0 Å². The topological polar surface area (TPSA) is 54.9 Å². The Hall–Kier alpha value is -1.80. The summed E-state index contributed by atoms with van der Waals surface area (Å²) in [6.07, 6.45) is 2.55. The van der Waals surface area contributed by atoms with Crippen LogP contribution in [0.15, 0.2) is 59.6 Å². The number of nitrogens with zero attached hydrogens (tertiary/aromatic N) is 1. The van der Waals surface area contributed by atoms with Gasteiger partial charge in [-0.2, -0.15) is 0 Å². The molecular formula is C21H28IN3O2. The molecule has 0 aliphatic carbocycles. The van der Waals surface area contributed by atoms with Gasteiger partial charge in [0.25, 0.3) is 0 Å². The Morgan fingerprint density at radius 3 is 2.63 bits per heavy atom. The molecule has 1 atom stereocenters. The normalized spacial score (nSPS) is 16.5. The number of nitrogens with one attached hydrogen (secondary N) is 2. The van der Waals surface area contributed by atoms with E-state index < -0.39 is 0 Å². The van der Waals surface area contributed by atoms with Gasteiger partial charge in [0.05, 0.1) is 12.6 Å². The Labute approximate surface area is 178 Å². The largest absolute Gasteiger partial charge is 0.491 e. The van der Waals surface area contributed by atoms with Crippen LogP contribution in [0.25, 0.3) is 11.1 Å². The number of benzene rings is 2. The van der Waals surface area contributed by atoms with Gasteiger partial charge >= 0.3 is 0 Å². The molecule has 27 heavy (non-hydrogen) atoms. The van der Waals surface area contributed by atoms with Crippen LogP contribution >= 0.6 is 24.0 Å². The molecule has 0 radical (unpaired) electrons. The van der Waals surface area contributed by atoms with E-state index in [2.05, 4.69) is 33.8 Å². The van der Waals surface area contributed by atoms with Crippen molar-refractivity contribution < 1.29 is 9.47 Å². The van der Waals surface area contributed by atoms with E-state index in [0.717, 1.165) is 48.8 Å². The lowest BCUT2D eigenvalue weighted by atomic mass is 10.1. The maximum absolute atomic E-state index is 5.99. The van der Waals surface area contributed by atoms with Gasteiger partial charge in [-0.1, -0.05) is 48.5 Å². The smallest absolute Gasteiger partial charge is 0.191 e. The first-order valence-electron chi connectivity index (χ1n) is 9.20. The van der Waals surface area contributed by atoms with Crippen molar-refractivity contribution >= 4 is 29.9 Å². The summed E-state index contributed by atoms with van der Waals surface area (Å²) in [5.74, 6) is 1.67. The molecular weight excluding hydrogens is 453 g/mol. The molecule has 2 aromatic rings. The van der Waals surface area contributed by atoms with E-state index in [1.54, 1.807) is 7.05 Å². The van der Waals surface area contributed by atoms with E-state index in [0.29, 0.717) is 19.3 Å². The molecule has 6 heteroatoms. The van der Waals surface area contributed by atoms with Crippen LogP contribution in [0.4, 0.5) is 0 Å². The third kappa shape index (κ3) is 6.70. The maximum atomic E-state index is 5.99. The summed E-state index contributed by atoms with van der Waals surface area (Å²) in [5, 5.41) is 6.59. The minimum Gasteiger partial charge on any atom is -0.491 e. The van der Waals surface area contributed by atoms with Crippen LogP contribution in [0, 0.1) is 0 Å². The molecule has 0 amide bonds. The lowest BCUT2D eigenvalue weighted by Crippen LogP contribution is -2.42. The zero-order valence-electron chi connectivity index (χ0n) is 15.7. The highest BCUT2D eigenvalue weighted by Gasteiger charge is 2.15. The standard InChI is InChI=1S/C21H27N3O2.HI/c1-22-21(24-16-18-10-7-14-25-18)23-13-15-26-20-12-6-5-11-19(20)17-8-3-2-4-9-17;/h2-6,8-9,11-12,18H,7,10,13-16H2,1H3,(H2,22,23,24);1H. The molecule has 0 aromatic heterocycles. The minimum atomic E-state index is 0. The van der Waals surface area contributed by atoms with Crippen LogP contribution in [0.2, 0.25) is 0 Å². The van der Waals surface area contributed by atoms with Gasteiger partial charge in [-0.15, -0.1) is 24.0 Å². The molecule has 0 bridgehead atoms. The van der Waals surface area contributed by atoms with Gasteiger partial charge in [0.15, 0.2) is 5.96 Å². The molecule has 5 nitrogen and oxygen atoms in total. The molecule has 3 rings (SSSR count). The molecule has 0 spiro atoms. The first-order chi connectivity index (χ1) is 12.9. The Morgan fingerprint density at radius 2 is 1.89 bits per heavy atom. The number of aliphatic imine (C=N–C) groups is 1. The monoisotopic (exact) mass is 481 g/mol. The SMILES string of the molecule is CN=C(NCCOc1ccccc1-c1ccccc1)NCC1CCCO1.I. The zero-order chi connectivity index (χ0) is 18.0. The van der Waals surface area contributed by atoms with Gasteiger partial charge in [0, 0.05) is 25.8 Å².